The van der Waals surface area contributed by atoms with E-state index in [1.165, 1.54) is 0 Å². The van der Waals surface area contributed by atoms with Crippen molar-refractivity contribution >= 4 is 28.7 Å². The second-order valence-corrected chi connectivity index (χ2v) is 8.69. The van der Waals surface area contributed by atoms with Gasteiger partial charge in [-0.3, -0.25) is 14.4 Å². The third-order valence-corrected chi connectivity index (χ3v) is 5.64. The van der Waals surface area contributed by atoms with Crippen molar-refractivity contribution in [1.29, 1.82) is 0 Å². The average Bonchev–Trinajstić information content (AvgIpc) is 3.15. The minimum atomic E-state index is -1.12. The summed E-state index contributed by atoms with van der Waals surface area (Å²) in [5.74, 6) is -1.23. The van der Waals surface area contributed by atoms with Crippen LogP contribution in [-0.4, -0.2) is 58.9 Å². The zero-order valence-corrected chi connectivity index (χ0v) is 18.4. The molecule has 2 aromatic rings. The number of ether oxygens (including phenoxy) is 1. The molecule has 2 unspecified atom stereocenters. The molecule has 1 saturated heterocycles. The quantitative estimate of drug-likeness (QED) is 0.581. The Labute approximate surface area is 182 Å². The zero-order chi connectivity index (χ0) is 22.6. The molecule has 4 N–H and O–H groups in total. The molecule has 1 aliphatic rings. The van der Waals surface area contributed by atoms with Gasteiger partial charge in [-0.25, -0.2) is 0 Å². The van der Waals surface area contributed by atoms with E-state index in [1.807, 2.05) is 30.5 Å². The van der Waals surface area contributed by atoms with Crippen LogP contribution in [0.25, 0.3) is 10.9 Å². The van der Waals surface area contributed by atoms with Crippen LogP contribution in [-0.2, 0) is 25.5 Å². The number of amides is 2. The highest BCUT2D eigenvalue weighted by molar-refractivity contribution is 5.92. The summed E-state index contributed by atoms with van der Waals surface area (Å²) < 4.78 is 5.15. The maximum absolute atomic E-state index is 13.5. The number of hydrogen-bond acceptors (Lipinski definition) is 5. The number of hydrogen-bond donors (Lipinski definition) is 3. The topological polar surface area (TPSA) is 118 Å². The van der Waals surface area contributed by atoms with E-state index in [0.29, 0.717) is 39.0 Å². The second kappa shape index (κ2) is 9.51. The van der Waals surface area contributed by atoms with Crippen LogP contribution >= 0.6 is 0 Å². The molecule has 2 heterocycles. The fourth-order valence-electron chi connectivity index (χ4n) is 3.91. The maximum Gasteiger partial charge on any atom is 0.310 e. The average molecular weight is 429 g/mol. The number of esters is 1. The molecule has 0 aliphatic carbocycles. The summed E-state index contributed by atoms with van der Waals surface area (Å²) in [6.45, 7) is 6.13. The summed E-state index contributed by atoms with van der Waals surface area (Å²) in [4.78, 5) is 43.1. The molecule has 1 fully saturated rings. The van der Waals surface area contributed by atoms with Gasteiger partial charge in [-0.2, -0.15) is 0 Å². The van der Waals surface area contributed by atoms with Crippen molar-refractivity contribution < 1.29 is 19.1 Å². The molecule has 0 radical (unpaired) electrons. The summed E-state index contributed by atoms with van der Waals surface area (Å²) in [5, 5.41) is 3.85. The Morgan fingerprint density at radius 1 is 1.32 bits per heavy atom. The number of aromatic nitrogens is 1. The zero-order valence-electron chi connectivity index (χ0n) is 18.4. The van der Waals surface area contributed by atoms with Crippen LogP contribution in [0.1, 0.15) is 39.2 Å². The summed E-state index contributed by atoms with van der Waals surface area (Å²) in [6, 6.07) is 7.04. The molecule has 2 atom stereocenters. The lowest BCUT2D eigenvalue weighted by Crippen LogP contribution is -2.58. The second-order valence-electron chi connectivity index (χ2n) is 8.69. The first-order valence-corrected chi connectivity index (χ1v) is 10.8. The first-order valence-electron chi connectivity index (χ1n) is 10.8. The van der Waals surface area contributed by atoms with Crippen molar-refractivity contribution in [3.05, 3.63) is 36.0 Å². The molecular formula is C23H32N4O4. The Morgan fingerprint density at radius 2 is 2.06 bits per heavy atom. The fourth-order valence-corrected chi connectivity index (χ4v) is 3.91. The predicted molar refractivity (Wildman–Crippen MR) is 118 cm³/mol. The van der Waals surface area contributed by atoms with E-state index >= 15 is 0 Å². The molecule has 3 rings (SSSR count). The first kappa shape index (κ1) is 22.8. The van der Waals surface area contributed by atoms with Crippen molar-refractivity contribution in [1.82, 2.24) is 15.2 Å². The molecule has 2 amide bonds. The minimum Gasteiger partial charge on any atom is -0.466 e. The number of para-hydroxylation sites is 1. The fraction of sp³-hybridized carbons (Fsp3) is 0.522. The molecule has 0 bridgehead atoms. The van der Waals surface area contributed by atoms with E-state index in [2.05, 4.69) is 10.3 Å². The monoisotopic (exact) mass is 428 g/mol. The van der Waals surface area contributed by atoms with Crippen molar-refractivity contribution in [2.75, 3.05) is 19.7 Å². The summed E-state index contributed by atoms with van der Waals surface area (Å²) >= 11 is 0. The third-order valence-electron chi connectivity index (χ3n) is 5.64. The number of rotatable bonds is 7. The third kappa shape index (κ3) is 5.44. The molecule has 8 nitrogen and oxygen atoms in total. The number of nitrogens with one attached hydrogen (secondary N) is 2. The highest BCUT2D eigenvalue weighted by Crippen LogP contribution is 2.22. The molecule has 1 aromatic carbocycles. The van der Waals surface area contributed by atoms with E-state index in [1.54, 1.807) is 25.7 Å². The minimum absolute atomic E-state index is 0.211. The van der Waals surface area contributed by atoms with Crippen molar-refractivity contribution in [2.45, 2.75) is 51.6 Å². The van der Waals surface area contributed by atoms with Crippen LogP contribution in [0.5, 0.6) is 0 Å². The Hall–Kier alpha value is -2.87. The van der Waals surface area contributed by atoms with Gasteiger partial charge in [0, 0.05) is 36.6 Å². The van der Waals surface area contributed by atoms with Crippen molar-refractivity contribution in [3.8, 4) is 0 Å². The summed E-state index contributed by atoms with van der Waals surface area (Å²) in [5.41, 5.74) is 6.74. The van der Waals surface area contributed by atoms with Gasteiger partial charge in [0.1, 0.15) is 6.04 Å². The van der Waals surface area contributed by atoms with Crippen LogP contribution in [0.2, 0.25) is 0 Å². The van der Waals surface area contributed by atoms with Gasteiger partial charge in [0.15, 0.2) is 0 Å². The number of piperidine rings is 1. The van der Waals surface area contributed by atoms with E-state index in [9.17, 15) is 14.4 Å². The molecule has 0 saturated carbocycles. The molecule has 1 aliphatic heterocycles. The Kier molecular flexibility index (Phi) is 7.00. The van der Waals surface area contributed by atoms with Crippen molar-refractivity contribution in [3.63, 3.8) is 0 Å². The smallest absolute Gasteiger partial charge is 0.310 e. The van der Waals surface area contributed by atoms with Crippen LogP contribution in [0, 0.1) is 5.92 Å². The number of fused-ring (bicyclic) bond motifs is 1. The van der Waals surface area contributed by atoms with Crippen LogP contribution < -0.4 is 11.1 Å². The number of likely N-dealkylation sites (tertiary alicyclic amines) is 1. The number of nitrogens with two attached hydrogens (primary N) is 1. The highest BCUT2D eigenvalue weighted by atomic mass is 16.5. The van der Waals surface area contributed by atoms with Gasteiger partial charge < -0.3 is 25.7 Å². The lowest BCUT2D eigenvalue weighted by Gasteiger charge is -2.34. The van der Waals surface area contributed by atoms with Gasteiger partial charge in [-0.05, 0) is 45.2 Å². The molecule has 8 heteroatoms. The number of carbonyl (C=O) groups excluding carboxylic acids is 3. The van der Waals surface area contributed by atoms with Crippen LogP contribution in [0.4, 0.5) is 0 Å². The van der Waals surface area contributed by atoms with E-state index < -0.39 is 17.5 Å². The van der Waals surface area contributed by atoms with E-state index in [4.69, 9.17) is 10.5 Å². The van der Waals surface area contributed by atoms with Crippen molar-refractivity contribution in [2.24, 2.45) is 11.7 Å². The van der Waals surface area contributed by atoms with Gasteiger partial charge in [0.25, 0.3) is 0 Å². The molecule has 168 valence electrons. The lowest BCUT2D eigenvalue weighted by molar-refractivity contribution is -0.152. The van der Waals surface area contributed by atoms with Gasteiger partial charge in [0.05, 0.1) is 18.1 Å². The van der Waals surface area contributed by atoms with Gasteiger partial charge in [0.2, 0.25) is 11.8 Å². The predicted octanol–water partition coefficient (Wildman–Crippen LogP) is 1.73. The number of H-pyrrole nitrogens is 1. The molecule has 1 aromatic heterocycles. The Bertz CT molecular complexity index is 946. The number of nitrogens with zero attached hydrogens (tertiary/aromatic N) is 1. The number of carbonyl (C=O) groups is 3. The largest absolute Gasteiger partial charge is 0.466 e. The Balaban J connectivity index is 1.82. The van der Waals surface area contributed by atoms with Crippen LogP contribution in [0.15, 0.2) is 30.5 Å². The highest BCUT2D eigenvalue weighted by Gasteiger charge is 2.35. The van der Waals surface area contributed by atoms with E-state index in [0.717, 1.165) is 16.5 Å². The standard InChI is InChI=1S/C23H32N4O4/c1-4-31-21(29)15-8-7-11-27(14-15)20(28)19(26-22(30)23(2,3)24)12-16-13-25-18-10-6-5-9-17(16)18/h5-6,9-10,13,15,19,25H,4,7-8,11-12,14,24H2,1-3H3,(H,26,30). The maximum atomic E-state index is 13.5. The number of aromatic amines is 1. The van der Waals surface area contributed by atoms with Gasteiger partial charge in [-0.15, -0.1) is 0 Å². The number of benzene rings is 1. The summed E-state index contributed by atoms with van der Waals surface area (Å²) in [7, 11) is 0. The molecular weight excluding hydrogens is 396 g/mol. The molecule has 31 heavy (non-hydrogen) atoms. The first-order chi connectivity index (χ1) is 14.7. The van der Waals surface area contributed by atoms with Gasteiger partial charge >= 0.3 is 5.97 Å². The molecule has 0 spiro atoms. The summed E-state index contributed by atoms with van der Waals surface area (Å²) in [6.07, 6.45) is 3.59. The van der Waals surface area contributed by atoms with E-state index in [-0.39, 0.29) is 17.8 Å². The Morgan fingerprint density at radius 3 is 2.77 bits per heavy atom. The normalized spacial score (nSPS) is 17.9. The lowest BCUT2D eigenvalue weighted by atomic mass is 9.96. The van der Waals surface area contributed by atoms with Gasteiger partial charge in [-0.1, -0.05) is 18.2 Å². The SMILES string of the molecule is CCOC(=O)C1CCCN(C(=O)C(Cc2c[nH]c3ccccc23)NC(=O)C(C)(C)N)C1. The van der Waals surface area contributed by atoms with Crippen LogP contribution in [0.3, 0.4) is 0 Å².